The Balaban J connectivity index is 1.76. The molecule has 0 amide bonds. The SMILES string of the molecule is O=S(=O)(c1ccccc1N([O-])O)N1CCc2[nH]c3ccccc3c2C1. The monoisotopic (exact) mass is 358 g/mol. The van der Waals surface area contributed by atoms with Gasteiger partial charge in [0.05, 0.1) is 5.69 Å². The number of hydrogen-bond donors (Lipinski definition) is 2. The van der Waals surface area contributed by atoms with Gasteiger partial charge >= 0.3 is 0 Å². The van der Waals surface area contributed by atoms with Gasteiger partial charge in [-0.25, -0.2) is 8.42 Å². The molecule has 7 nitrogen and oxygen atoms in total. The number of H-pyrrole nitrogens is 1. The molecule has 4 rings (SSSR count). The number of rotatable bonds is 3. The van der Waals surface area contributed by atoms with E-state index in [1.165, 1.54) is 28.6 Å². The Morgan fingerprint density at radius 1 is 1.12 bits per heavy atom. The Morgan fingerprint density at radius 3 is 2.64 bits per heavy atom. The lowest BCUT2D eigenvalue weighted by atomic mass is 10.1. The van der Waals surface area contributed by atoms with Crippen LogP contribution in [0, 0.1) is 5.21 Å². The van der Waals surface area contributed by atoms with Crippen LogP contribution in [0.3, 0.4) is 0 Å². The number of hydrogen-bond acceptors (Lipinski definition) is 5. The molecular weight excluding hydrogens is 342 g/mol. The van der Waals surface area contributed by atoms with Crippen LogP contribution < -0.4 is 5.23 Å². The molecule has 1 aliphatic heterocycles. The van der Waals surface area contributed by atoms with Crippen LogP contribution in [0.5, 0.6) is 0 Å². The summed E-state index contributed by atoms with van der Waals surface area (Å²) in [5.74, 6) is 0. The van der Waals surface area contributed by atoms with Crippen LogP contribution in [0.25, 0.3) is 10.9 Å². The molecule has 130 valence electrons. The highest BCUT2D eigenvalue weighted by molar-refractivity contribution is 7.89. The molecule has 0 fully saturated rings. The highest BCUT2D eigenvalue weighted by atomic mass is 32.2. The quantitative estimate of drug-likeness (QED) is 0.701. The summed E-state index contributed by atoms with van der Waals surface area (Å²) in [7, 11) is -3.91. The van der Waals surface area contributed by atoms with Crippen LogP contribution >= 0.6 is 0 Å². The summed E-state index contributed by atoms with van der Waals surface area (Å²) in [6, 6.07) is 13.4. The highest BCUT2D eigenvalue weighted by Gasteiger charge is 2.31. The maximum absolute atomic E-state index is 13.0. The van der Waals surface area contributed by atoms with Crippen molar-refractivity contribution in [1.82, 2.24) is 9.29 Å². The van der Waals surface area contributed by atoms with Gasteiger partial charge in [-0.15, -0.1) is 0 Å². The van der Waals surface area contributed by atoms with Gasteiger partial charge in [-0.1, -0.05) is 30.3 Å². The largest absolute Gasteiger partial charge is 0.733 e. The van der Waals surface area contributed by atoms with Crippen LogP contribution in [0.4, 0.5) is 5.69 Å². The third kappa shape index (κ3) is 2.59. The molecule has 3 aromatic rings. The molecule has 8 heteroatoms. The first-order valence-corrected chi connectivity index (χ1v) is 9.26. The molecule has 0 radical (unpaired) electrons. The van der Waals surface area contributed by atoms with Crippen molar-refractivity contribution in [3.05, 3.63) is 65.0 Å². The summed E-state index contributed by atoms with van der Waals surface area (Å²) in [6.07, 6.45) is 0.561. The minimum Gasteiger partial charge on any atom is -0.733 e. The number of para-hydroxylation sites is 2. The van der Waals surface area contributed by atoms with Crippen molar-refractivity contribution in [3.63, 3.8) is 0 Å². The zero-order chi connectivity index (χ0) is 17.6. The highest BCUT2D eigenvalue weighted by Crippen LogP contribution is 2.33. The summed E-state index contributed by atoms with van der Waals surface area (Å²) >= 11 is 0. The zero-order valence-electron chi connectivity index (χ0n) is 13.2. The van der Waals surface area contributed by atoms with Crippen LogP contribution in [0.2, 0.25) is 0 Å². The van der Waals surface area contributed by atoms with Crippen LogP contribution in [0.1, 0.15) is 11.3 Å². The molecule has 0 atom stereocenters. The molecule has 0 bridgehead atoms. The van der Waals surface area contributed by atoms with Gasteiger partial charge in [0.25, 0.3) is 0 Å². The summed E-state index contributed by atoms with van der Waals surface area (Å²) in [5, 5.41) is 21.1. The van der Waals surface area contributed by atoms with E-state index in [1.54, 1.807) is 0 Å². The van der Waals surface area contributed by atoms with Crippen molar-refractivity contribution >= 4 is 26.6 Å². The van der Waals surface area contributed by atoms with Gasteiger partial charge in [0.1, 0.15) is 4.90 Å². The van der Waals surface area contributed by atoms with Gasteiger partial charge in [-0.3, -0.25) is 5.21 Å². The Labute approximate surface area is 144 Å². The average Bonchev–Trinajstić information content (AvgIpc) is 2.99. The van der Waals surface area contributed by atoms with E-state index < -0.39 is 15.2 Å². The summed E-state index contributed by atoms with van der Waals surface area (Å²) < 4.78 is 27.4. The summed E-state index contributed by atoms with van der Waals surface area (Å²) in [5.41, 5.74) is 2.68. The van der Waals surface area contributed by atoms with Crippen molar-refractivity contribution in [2.75, 3.05) is 11.8 Å². The Kier molecular flexibility index (Phi) is 3.77. The maximum Gasteiger partial charge on any atom is 0.245 e. The molecule has 25 heavy (non-hydrogen) atoms. The number of fused-ring (bicyclic) bond motifs is 3. The first kappa shape index (κ1) is 16.1. The smallest absolute Gasteiger partial charge is 0.245 e. The number of aromatic amines is 1. The average molecular weight is 358 g/mol. The standard InChI is InChI=1S/C17H16N3O4S/c21-20(22)16-7-3-4-8-17(16)25(23,24)19-10-9-15-13(11-19)12-5-1-2-6-14(12)18-15/h1-8,18,21H,9-11H2/q-1. The second kappa shape index (κ2) is 5.85. The molecule has 0 saturated heterocycles. The molecular formula is C17H16N3O4S-. The Morgan fingerprint density at radius 2 is 1.84 bits per heavy atom. The second-order valence-corrected chi connectivity index (χ2v) is 7.86. The number of benzene rings is 2. The van der Waals surface area contributed by atoms with Crippen LogP contribution in [-0.4, -0.2) is 29.5 Å². The molecule has 0 unspecified atom stereocenters. The molecule has 0 aliphatic carbocycles. The summed E-state index contributed by atoms with van der Waals surface area (Å²) in [4.78, 5) is 3.14. The van der Waals surface area contributed by atoms with E-state index in [-0.39, 0.29) is 17.1 Å². The first-order chi connectivity index (χ1) is 12.0. The molecule has 0 saturated carbocycles. The fourth-order valence-electron chi connectivity index (χ4n) is 3.32. The number of sulfonamides is 1. The van der Waals surface area contributed by atoms with Crippen molar-refractivity contribution in [1.29, 1.82) is 0 Å². The van der Waals surface area contributed by atoms with E-state index in [0.29, 0.717) is 13.0 Å². The lowest BCUT2D eigenvalue weighted by Crippen LogP contribution is -2.36. The Bertz CT molecular complexity index is 1040. The van der Waals surface area contributed by atoms with Gasteiger partial charge in [0.15, 0.2) is 0 Å². The molecule has 2 N–H and O–H groups in total. The van der Waals surface area contributed by atoms with E-state index >= 15 is 0 Å². The fraction of sp³-hybridized carbons (Fsp3) is 0.176. The topological polar surface area (TPSA) is 99.7 Å². The fourth-order valence-corrected chi connectivity index (χ4v) is 4.89. The maximum atomic E-state index is 13.0. The van der Waals surface area contributed by atoms with E-state index in [2.05, 4.69) is 4.98 Å². The van der Waals surface area contributed by atoms with Gasteiger partial charge in [-0.2, -0.15) is 4.31 Å². The van der Waals surface area contributed by atoms with Crippen molar-refractivity contribution in [3.8, 4) is 0 Å². The molecule has 1 aliphatic rings. The minimum absolute atomic E-state index is 0.198. The number of nitrogens with one attached hydrogen (secondary N) is 1. The van der Waals surface area contributed by atoms with Gasteiger partial charge in [0.2, 0.25) is 10.0 Å². The van der Waals surface area contributed by atoms with Crippen LogP contribution in [-0.2, 0) is 23.0 Å². The van der Waals surface area contributed by atoms with E-state index in [9.17, 15) is 18.8 Å². The van der Waals surface area contributed by atoms with Crippen molar-refractivity contribution in [2.45, 2.75) is 17.9 Å². The van der Waals surface area contributed by atoms with Crippen molar-refractivity contribution in [2.24, 2.45) is 0 Å². The lowest BCUT2D eigenvalue weighted by molar-refractivity contribution is 0.293. The normalized spacial score (nSPS) is 15.3. The molecule has 1 aromatic heterocycles. The number of aromatic nitrogens is 1. The Hall–Kier alpha value is -2.39. The minimum atomic E-state index is -3.91. The third-order valence-corrected chi connectivity index (χ3v) is 6.43. The molecule has 0 spiro atoms. The second-order valence-electron chi connectivity index (χ2n) is 5.96. The van der Waals surface area contributed by atoms with Gasteiger partial charge < -0.3 is 15.4 Å². The van der Waals surface area contributed by atoms with Crippen LogP contribution in [0.15, 0.2) is 53.4 Å². The summed E-state index contributed by atoms with van der Waals surface area (Å²) in [6.45, 7) is 0.529. The predicted octanol–water partition coefficient (Wildman–Crippen LogP) is 2.61. The number of anilines is 1. The van der Waals surface area contributed by atoms with E-state index in [4.69, 9.17) is 0 Å². The lowest BCUT2D eigenvalue weighted by Gasteiger charge is -2.30. The third-order valence-electron chi connectivity index (χ3n) is 4.54. The van der Waals surface area contributed by atoms with Crippen molar-refractivity contribution < 1.29 is 13.6 Å². The van der Waals surface area contributed by atoms with Gasteiger partial charge in [0, 0.05) is 36.1 Å². The van der Waals surface area contributed by atoms with E-state index in [1.807, 2.05) is 24.3 Å². The first-order valence-electron chi connectivity index (χ1n) is 7.82. The number of nitrogens with zero attached hydrogens (tertiary/aromatic N) is 2. The van der Waals surface area contributed by atoms with Gasteiger partial charge in [-0.05, 0) is 23.8 Å². The molecule has 2 heterocycles. The van der Waals surface area contributed by atoms with E-state index in [0.717, 1.165) is 22.2 Å². The molecule has 2 aromatic carbocycles. The predicted molar refractivity (Wildman–Crippen MR) is 93.7 cm³/mol. The zero-order valence-corrected chi connectivity index (χ0v) is 14.0.